The van der Waals surface area contributed by atoms with Crippen molar-refractivity contribution in [2.75, 3.05) is 7.11 Å². The fourth-order valence-electron chi connectivity index (χ4n) is 4.65. The van der Waals surface area contributed by atoms with E-state index in [4.69, 9.17) is 4.74 Å². The summed E-state index contributed by atoms with van der Waals surface area (Å²) >= 11 is 0. The summed E-state index contributed by atoms with van der Waals surface area (Å²) in [6, 6.07) is 0. The lowest BCUT2D eigenvalue weighted by Gasteiger charge is -2.33. The summed E-state index contributed by atoms with van der Waals surface area (Å²) in [5.41, 5.74) is 0.178. The first-order valence-corrected chi connectivity index (χ1v) is 14.8. The Morgan fingerprint density at radius 3 is 1.06 bits per heavy atom. The first kappa shape index (κ1) is 33.9. The molecular weight excluding hydrogens is 388 g/mol. The van der Waals surface area contributed by atoms with Gasteiger partial charge in [0.15, 0.2) is 0 Å². The molecule has 1 atom stereocenters. The monoisotopic (exact) mass is 452 g/mol. The molecule has 0 aromatic heterocycles. The molecule has 0 amide bonds. The Labute approximate surface area is 205 Å². The van der Waals surface area contributed by atoms with E-state index >= 15 is 0 Å². The van der Waals surface area contributed by atoms with Crippen LogP contribution in [0.3, 0.4) is 0 Å². The third-order valence-corrected chi connectivity index (χ3v) is 6.90. The molecule has 0 rings (SSSR count). The topological polar surface area (TPSA) is 9.23 Å². The molecule has 1 heteroatoms. The maximum absolute atomic E-state index is 6.12. The van der Waals surface area contributed by atoms with E-state index in [0.717, 1.165) is 6.42 Å². The van der Waals surface area contributed by atoms with Crippen LogP contribution in [0.2, 0.25) is 0 Å². The number of unbranched alkanes of at least 4 members (excludes halogenated alkanes) is 16. The highest BCUT2D eigenvalue weighted by Gasteiger charge is 2.27. The van der Waals surface area contributed by atoms with Crippen LogP contribution in [0, 0.1) is 0 Å². The first-order chi connectivity index (χ1) is 15.7. The Morgan fingerprint density at radius 2 is 0.812 bits per heavy atom. The minimum atomic E-state index is 0.178. The van der Waals surface area contributed by atoms with Crippen molar-refractivity contribution in [2.24, 2.45) is 0 Å². The fourth-order valence-corrected chi connectivity index (χ4v) is 4.65. The molecule has 1 nitrogen and oxygen atoms in total. The van der Waals surface area contributed by atoms with Gasteiger partial charge >= 0.3 is 0 Å². The van der Waals surface area contributed by atoms with Gasteiger partial charge in [-0.2, -0.15) is 0 Å². The maximum Gasteiger partial charge on any atom is 0.0678 e. The van der Waals surface area contributed by atoms with E-state index < -0.39 is 0 Å². The molecule has 0 bridgehead atoms. The smallest absolute Gasteiger partial charge is 0.0678 e. The van der Waals surface area contributed by atoms with Crippen LogP contribution < -0.4 is 0 Å². The van der Waals surface area contributed by atoms with Crippen LogP contribution in [0.1, 0.15) is 175 Å². The molecule has 32 heavy (non-hydrogen) atoms. The Balaban J connectivity index is 0. The molecule has 0 saturated carbocycles. The first-order valence-electron chi connectivity index (χ1n) is 14.8. The van der Waals surface area contributed by atoms with E-state index in [-0.39, 0.29) is 5.60 Å². The van der Waals surface area contributed by atoms with Crippen molar-refractivity contribution in [1.29, 1.82) is 0 Å². The van der Waals surface area contributed by atoms with Gasteiger partial charge in [-0.25, -0.2) is 0 Å². The van der Waals surface area contributed by atoms with Crippen molar-refractivity contribution < 1.29 is 4.74 Å². The van der Waals surface area contributed by atoms with Gasteiger partial charge < -0.3 is 4.74 Å². The van der Waals surface area contributed by atoms with Gasteiger partial charge in [0.1, 0.15) is 0 Å². The minimum absolute atomic E-state index is 0.178. The minimum Gasteiger partial charge on any atom is -0.378 e. The van der Waals surface area contributed by atoms with E-state index in [2.05, 4.69) is 34.3 Å². The summed E-state index contributed by atoms with van der Waals surface area (Å²) in [7, 11) is 1.97. The third kappa shape index (κ3) is 24.3. The van der Waals surface area contributed by atoms with Gasteiger partial charge in [0.25, 0.3) is 0 Å². The van der Waals surface area contributed by atoms with E-state index in [1.165, 1.54) is 141 Å². The van der Waals surface area contributed by atoms with Crippen LogP contribution in [-0.2, 0) is 4.74 Å². The molecule has 194 valence electrons. The summed E-state index contributed by atoms with van der Waals surface area (Å²) in [6.45, 7) is 12.5. The van der Waals surface area contributed by atoms with Gasteiger partial charge in [0.2, 0.25) is 0 Å². The van der Waals surface area contributed by atoms with E-state index in [0.29, 0.717) is 0 Å². The van der Waals surface area contributed by atoms with Crippen molar-refractivity contribution in [3.05, 3.63) is 12.7 Å². The molecule has 0 aliphatic heterocycles. The molecule has 0 saturated heterocycles. The van der Waals surface area contributed by atoms with Crippen LogP contribution in [0.5, 0.6) is 0 Å². The highest BCUT2D eigenvalue weighted by molar-refractivity contribution is 4.80. The lowest BCUT2D eigenvalue weighted by atomic mass is 9.85. The van der Waals surface area contributed by atoms with Crippen LogP contribution in [0.15, 0.2) is 12.7 Å². The number of rotatable bonds is 24. The SMILES string of the molecule is C=CCC.CCCCCCCCCCCCCC(CCC)(CCCCCCCCC)OC. The number of ether oxygens (including phenoxy) is 1. The lowest BCUT2D eigenvalue weighted by molar-refractivity contribution is -0.0353. The van der Waals surface area contributed by atoms with Crippen LogP contribution >= 0.6 is 0 Å². The summed E-state index contributed by atoms with van der Waals surface area (Å²) in [5.74, 6) is 0. The summed E-state index contributed by atoms with van der Waals surface area (Å²) in [6.07, 6.45) is 33.5. The Bertz CT molecular complexity index is 337. The van der Waals surface area contributed by atoms with Gasteiger partial charge in [0.05, 0.1) is 5.60 Å². The van der Waals surface area contributed by atoms with Gasteiger partial charge in [-0.1, -0.05) is 156 Å². The number of hydrogen-bond acceptors (Lipinski definition) is 1. The Hall–Kier alpha value is -0.300. The lowest BCUT2D eigenvalue weighted by Crippen LogP contribution is -2.31. The Kier molecular flexibility index (Phi) is 30.4. The van der Waals surface area contributed by atoms with Crippen LogP contribution in [0.4, 0.5) is 0 Å². The van der Waals surface area contributed by atoms with Crippen molar-refractivity contribution >= 4 is 0 Å². The number of methoxy groups -OCH3 is 1. The maximum atomic E-state index is 6.12. The molecular formula is C31H64O. The molecule has 1 unspecified atom stereocenters. The predicted octanol–water partition coefficient (Wildman–Crippen LogP) is 11.6. The van der Waals surface area contributed by atoms with Gasteiger partial charge in [-0.15, -0.1) is 6.58 Å². The Morgan fingerprint density at radius 1 is 0.500 bits per heavy atom. The zero-order chi connectivity index (χ0) is 24.2. The molecule has 0 aromatic rings. The zero-order valence-electron chi connectivity index (χ0n) is 23.5. The molecule has 0 fully saturated rings. The summed E-state index contributed by atoms with van der Waals surface area (Å²) in [4.78, 5) is 0. The van der Waals surface area contributed by atoms with Gasteiger partial charge in [-0.05, 0) is 25.7 Å². The van der Waals surface area contributed by atoms with Gasteiger partial charge in [0, 0.05) is 7.11 Å². The normalized spacial score (nSPS) is 12.8. The molecule has 0 heterocycles. The zero-order valence-corrected chi connectivity index (χ0v) is 23.5. The van der Waals surface area contributed by atoms with Crippen LogP contribution in [-0.4, -0.2) is 12.7 Å². The van der Waals surface area contributed by atoms with E-state index in [1.807, 2.05) is 13.2 Å². The van der Waals surface area contributed by atoms with Crippen molar-refractivity contribution in [1.82, 2.24) is 0 Å². The molecule has 0 aromatic carbocycles. The highest BCUT2D eigenvalue weighted by Crippen LogP contribution is 2.31. The highest BCUT2D eigenvalue weighted by atomic mass is 16.5. The standard InChI is InChI=1S/C27H56O.C4H8/c1-5-8-10-12-14-15-16-17-19-21-23-26-27(28-4,24-7-3)25-22-20-18-13-11-9-6-2;1-3-4-2/h5-26H2,1-4H3;3H,1,4H2,2H3. The third-order valence-electron chi connectivity index (χ3n) is 6.90. The number of allylic oxidation sites excluding steroid dienone is 1. The van der Waals surface area contributed by atoms with Crippen molar-refractivity contribution in [3.8, 4) is 0 Å². The van der Waals surface area contributed by atoms with Gasteiger partial charge in [-0.3, -0.25) is 0 Å². The average molecular weight is 453 g/mol. The average Bonchev–Trinajstić information content (AvgIpc) is 2.82. The summed E-state index contributed by atoms with van der Waals surface area (Å²) in [5, 5.41) is 0. The molecule has 0 radical (unpaired) electrons. The number of hydrogen-bond donors (Lipinski definition) is 0. The molecule has 0 spiro atoms. The second-order valence-corrected chi connectivity index (χ2v) is 9.99. The second-order valence-electron chi connectivity index (χ2n) is 9.99. The molecule has 0 aliphatic rings. The van der Waals surface area contributed by atoms with E-state index in [9.17, 15) is 0 Å². The van der Waals surface area contributed by atoms with Crippen molar-refractivity contribution in [2.45, 2.75) is 181 Å². The van der Waals surface area contributed by atoms with Crippen LogP contribution in [0.25, 0.3) is 0 Å². The second kappa shape index (κ2) is 28.7. The quantitative estimate of drug-likeness (QED) is 0.104. The molecule has 0 N–H and O–H groups in total. The summed E-state index contributed by atoms with van der Waals surface area (Å²) < 4.78 is 6.12. The molecule has 0 aliphatic carbocycles. The van der Waals surface area contributed by atoms with Crippen molar-refractivity contribution in [3.63, 3.8) is 0 Å². The van der Waals surface area contributed by atoms with E-state index in [1.54, 1.807) is 0 Å². The fraction of sp³-hybridized carbons (Fsp3) is 0.935. The predicted molar refractivity (Wildman–Crippen MR) is 149 cm³/mol. The largest absolute Gasteiger partial charge is 0.378 e.